The van der Waals surface area contributed by atoms with Gasteiger partial charge < -0.3 is 19.3 Å². The number of carbonyl (C=O) groups is 1. The average molecular weight is 540 g/mol. The van der Waals surface area contributed by atoms with Gasteiger partial charge in [0.05, 0.1) is 27.2 Å². The highest BCUT2D eigenvalue weighted by Gasteiger charge is 2.19. The van der Waals surface area contributed by atoms with E-state index in [1.807, 2.05) is 18.2 Å². The SMILES string of the molecule is COc1cc(CN(CCCOc2cccc(CC(=O)O)c2)CC(c2ccccc2)c2ccccc2)cc(OC)c1. The molecule has 0 aliphatic rings. The molecule has 0 bridgehead atoms. The summed E-state index contributed by atoms with van der Waals surface area (Å²) in [6, 6.07) is 34.5. The fraction of sp³-hybridized carbons (Fsp3) is 0.265. The number of carboxylic acids is 1. The van der Waals surface area contributed by atoms with Gasteiger partial charge in [0.15, 0.2) is 0 Å². The van der Waals surface area contributed by atoms with Crippen LogP contribution in [0.5, 0.6) is 17.2 Å². The van der Waals surface area contributed by atoms with Gasteiger partial charge in [0.2, 0.25) is 0 Å². The summed E-state index contributed by atoms with van der Waals surface area (Å²) in [7, 11) is 3.33. The van der Waals surface area contributed by atoms with Crippen LogP contribution in [0.2, 0.25) is 0 Å². The molecule has 1 N–H and O–H groups in total. The van der Waals surface area contributed by atoms with Crippen LogP contribution in [-0.4, -0.2) is 49.9 Å². The molecule has 0 aliphatic heterocycles. The Balaban J connectivity index is 1.52. The Hall–Kier alpha value is -4.29. The van der Waals surface area contributed by atoms with Crippen LogP contribution in [0.25, 0.3) is 0 Å². The van der Waals surface area contributed by atoms with Gasteiger partial charge in [-0.05, 0) is 52.9 Å². The number of benzene rings is 4. The third-order valence-electron chi connectivity index (χ3n) is 6.80. The minimum Gasteiger partial charge on any atom is -0.497 e. The van der Waals surface area contributed by atoms with Gasteiger partial charge >= 0.3 is 5.97 Å². The van der Waals surface area contributed by atoms with E-state index in [9.17, 15) is 4.79 Å². The summed E-state index contributed by atoms with van der Waals surface area (Å²) in [4.78, 5) is 13.5. The molecule has 0 unspecified atom stereocenters. The van der Waals surface area contributed by atoms with E-state index in [-0.39, 0.29) is 12.3 Å². The van der Waals surface area contributed by atoms with E-state index < -0.39 is 5.97 Å². The van der Waals surface area contributed by atoms with E-state index >= 15 is 0 Å². The third-order valence-corrected chi connectivity index (χ3v) is 6.80. The first-order valence-corrected chi connectivity index (χ1v) is 13.5. The highest BCUT2D eigenvalue weighted by molar-refractivity contribution is 5.70. The van der Waals surface area contributed by atoms with E-state index in [4.69, 9.17) is 19.3 Å². The van der Waals surface area contributed by atoms with Crippen molar-refractivity contribution in [3.8, 4) is 17.2 Å². The van der Waals surface area contributed by atoms with Crippen molar-refractivity contribution >= 4 is 5.97 Å². The summed E-state index contributed by atoms with van der Waals surface area (Å²) in [6.45, 7) is 2.87. The summed E-state index contributed by atoms with van der Waals surface area (Å²) in [6.07, 6.45) is 0.788. The average Bonchev–Trinajstić information content (AvgIpc) is 2.98. The molecule has 4 aromatic carbocycles. The smallest absolute Gasteiger partial charge is 0.307 e. The minimum atomic E-state index is -0.853. The Kier molecular flexibility index (Phi) is 10.6. The first kappa shape index (κ1) is 28.7. The van der Waals surface area contributed by atoms with E-state index in [1.54, 1.807) is 26.4 Å². The minimum absolute atomic E-state index is 0.0185. The molecular formula is C34H37NO5. The number of rotatable bonds is 15. The van der Waals surface area contributed by atoms with Crippen molar-refractivity contribution in [3.05, 3.63) is 125 Å². The van der Waals surface area contributed by atoms with Crippen molar-refractivity contribution in [2.24, 2.45) is 0 Å². The Morgan fingerprint density at radius 1 is 0.750 bits per heavy atom. The molecule has 0 atom stereocenters. The highest BCUT2D eigenvalue weighted by atomic mass is 16.5. The molecule has 0 heterocycles. The molecule has 6 heteroatoms. The second kappa shape index (κ2) is 14.8. The highest BCUT2D eigenvalue weighted by Crippen LogP contribution is 2.28. The predicted octanol–water partition coefficient (Wildman–Crippen LogP) is 6.43. The number of carboxylic acid groups (broad SMARTS) is 1. The molecule has 0 saturated carbocycles. The van der Waals surface area contributed by atoms with Gasteiger partial charge in [0.1, 0.15) is 17.2 Å². The molecular weight excluding hydrogens is 502 g/mol. The lowest BCUT2D eigenvalue weighted by Crippen LogP contribution is -2.30. The molecule has 208 valence electrons. The topological polar surface area (TPSA) is 68.2 Å². The van der Waals surface area contributed by atoms with E-state index in [2.05, 4.69) is 77.7 Å². The predicted molar refractivity (Wildman–Crippen MR) is 157 cm³/mol. The number of hydrogen-bond donors (Lipinski definition) is 1. The second-order valence-electron chi connectivity index (χ2n) is 9.75. The van der Waals surface area contributed by atoms with Crippen LogP contribution in [-0.2, 0) is 17.8 Å². The molecule has 0 fully saturated rings. The molecule has 4 aromatic rings. The third kappa shape index (κ3) is 8.61. The molecule has 0 radical (unpaired) electrons. The Labute approximate surface area is 236 Å². The van der Waals surface area contributed by atoms with Gasteiger partial charge in [-0.25, -0.2) is 0 Å². The van der Waals surface area contributed by atoms with Crippen LogP contribution in [0.3, 0.4) is 0 Å². The standard InChI is InChI=1S/C34H37NO5/c1-38-31-20-27(21-32(23-31)39-2)24-35(17-10-18-40-30-16-9-11-26(19-30)22-34(36)37)25-33(28-12-5-3-6-13-28)29-14-7-4-8-15-29/h3-9,11-16,19-21,23,33H,10,17-18,22,24-25H2,1-2H3,(H,36,37). The van der Waals surface area contributed by atoms with Gasteiger partial charge in [-0.1, -0.05) is 72.8 Å². The molecule has 0 saturated heterocycles. The zero-order chi connectivity index (χ0) is 28.2. The summed E-state index contributed by atoms with van der Waals surface area (Å²) in [5.41, 5.74) is 4.38. The van der Waals surface area contributed by atoms with Crippen molar-refractivity contribution < 1.29 is 24.1 Å². The van der Waals surface area contributed by atoms with Crippen LogP contribution < -0.4 is 14.2 Å². The van der Waals surface area contributed by atoms with E-state index in [0.717, 1.165) is 48.7 Å². The maximum Gasteiger partial charge on any atom is 0.307 e. The van der Waals surface area contributed by atoms with Crippen molar-refractivity contribution in [3.63, 3.8) is 0 Å². The molecule has 0 aromatic heterocycles. The lowest BCUT2D eigenvalue weighted by molar-refractivity contribution is -0.136. The van der Waals surface area contributed by atoms with Gasteiger partial charge in [-0.2, -0.15) is 0 Å². The van der Waals surface area contributed by atoms with Crippen LogP contribution >= 0.6 is 0 Å². The monoisotopic (exact) mass is 539 g/mol. The van der Waals surface area contributed by atoms with Crippen molar-refractivity contribution in [1.82, 2.24) is 4.90 Å². The Morgan fingerprint density at radius 2 is 1.35 bits per heavy atom. The molecule has 0 spiro atoms. The molecule has 6 nitrogen and oxygen atoms in total. The van der Waals surface area contributed by atoms with Crippen molar-refractivity contribution in [2.75, 3.05) is 33.9 Å². The summed E-state index contributed by atoms with van der Waals surface area (Å²) >= 11 is 0. The summed E-state index contributed by atoms with van der Waals surface area (Å²) in [5.74, 6) is 1.56. The number of methoxy groups -OCH3 is 2. The zero-order valence-corrected chi connectivity index (χ0v) is 23.2. The molecule has 0 amide bonds. The number of hydrogen-bond acceptors (Lipinski definition) is 5. The largest absolute Gasteiger partial charge is 0.497 e. The van der Waals surface area contributed by atoms with E-state index in [0.29, 0.717) is 12.4 Å². The van der Waals surface area contributed by atoms with Gasteiger partial charge in [0, 0.05) is 31.6 Å². The fourth-order valence-electron chi connectivity index (χ4n) is 4.88. The van der Waals surface area contributed by atoms with Crippen LogP contribution in [0, 0.1) is 0 Å². The normalized spacial score (nSPS) is 11.0. The van der Waals surface area contributed by atoms with Crippen LogP contribution in [0.1, 0.15) is 34.6 Å². The van der Waals surface area contributed by atoms with Gasteiger partial charge in [0.25, 0.3) is 0 Å². The first-order chi connectivity index (χ1) is 19.5. The first-order valence-electron chi connectivity index (χ1n) is 13.5. The number of nitrogens with zero attached hydrogens (tertiary/aromatic N) is 1. The summed E-state index contributed by atoms with van der Waals surface area (Å²) < 4.78 is 17.1. The fourth-order valence-corrected chi connectivity index (χ4v) is 4.88. The van der Waals surface area contributed by atoms with Crippen LogP contribution in [0.15, 0.2) is 103 Å². The lowest BCUT2D eigenvalue weighted by atomic mass is 9.90. The van der Waals surface area contributed by atoms with Crippen molar-refractivity contribution in [1.29, 1.82) is 0 Å². The Morgan fingerprint density at radius 3 is 1.93 bits per heavy atom. The van der Waals surface area contributed by atoms with E-state index in [1.165, 1.54) is 11.1 Å². The zero-order valence-electron chi connectivity index (χ0n) is 23.2. The molecule has 0 aliphatic carbocycles. The quantitative estimate of drug-likeness (QED) is 0.176. The maximum absolute atomic E-state index is 11.1. The second-order valence-corrected chi connectivity index (χ2v) is 9.75. The number of aliphatic carboxylic acids is 1. The Bertz CT molecular complexity index is 1280. The van der Waals surface area contributed by atoms with Gasteiger partial charge in [-0.15, -0.1) is 0 Å². The molecule has 40 heavy (non-hydrogen) atoms. The van der Waals surface area contributed by atoms with Crippen molar-refractivity contribution in [2.45, 2.75) is 25.3 Å². The van der Waals surface area contributed by atoms with Gasteiger partial charge in [-0.3, -0.25) is 9.69 Å². The summed E-state index contributed by atoms with van der Waals surface area (Å²) in [5, 5.41) is 9.09. The van der Waals surface area contributed by atoms with Crippen LogP contribution in [0.4, 0.5) is 0 Å². The molecule has 4 rings (SSSR count). The lowest BCUT2D eigenvalue weighted by Gasteiger charge is -2.29. The maximum atomic E-state index is 11.1. The number of ether oxygens (including phenoxy) is 3.